The van der Waals surface area contributed by atoms with Crippen molar-refractivity contribution in [1.82, 2.24) is 0 Å². The Balaban J connectivity index is 4.15. The van der Waals surface area contributed by atoms with Crippen molar-refractivity contribution < 1.29 is 0 Å². The zero-order valence-electron chi connectivity index (χ0n) is 9.06. The normalized spacial score (nSPS) is 10.1. The Hall–Kier alpha value is -1.04. The highest BCUT2D eigenvalue weighted by Gasteiger charge is 1.98. The van der Waals surface area contributed by atoms with Gasteiger partial charge in [-0.25, -0.2) is 0 Å². The molecule has 0 radical (unpaired) electrons. The molecule has 0 aromatic carbocycles. The number of hydrogen-bond acceptors (Lipinski definition) is 0. The summed E-state index contributed by atoms with van der Waals surface area (Å²) in [7, 11) is 0. The Labute approximate surface area is 82.4 Å². The van der Waals surface area contributed by atoms with Gasteiger partial charge in [-0.05, 0) is 39.2 Å². The molecular weight excluding hydrogens is 156 g/mol. The fraction of sp³-hybridized carbons (Fsp3) is 0.385. The third-order valence-corrected chi connectivity index (χ3v) is 1.95. The van der Waals surface area contributed by atoms with E-state index in [2.05, 4.69) is 40.0 Å². The van der Waals surface area contributed by atoms with Crippen LogP contribution in [-0.4, -0.2) is 0 Å². The Morgan fingerprint density at radius 3 is 2.23 bits per heavy atom. The minimum atomic E-state index is 1.07. The van der Waals surface area contributed by atoms with Gasteiger partial charge in [0.1, 0.15) is 0 Å². The molecule has 0 saturated heterocycles. The van der Waals surface area contributed by atoms with Crippen molar-refractivity contribution in [3.63, 3.8) is 0 Å². The van der Waals surface area contributed by atoms with Crippen LogP contribution in [0.3, 0.4) is 0 Å². The molecule has 0 spiro atoms. The molecular formula is C13H20. The van der Waals surface area contributed by atoms with Crippen LogP contribution in [0.4, 0.5) is 0 Å². The molecule has 0 fully saturated rings. The van der Waals surface area contributed by atoms with E-state index in [0.29, 0.717) is 0 Å². The molecule has 0 aliphatic rings. The molecule has 72 valence electrons. The fourth-order valence-corrected chi connectivity index (χ4v) is 1.31. The van der Waals surface area contributed by atoms with Gasteiger partial charge in [0.2, 0.25) is 0 Å². The molecule has 0 aliphatic heterocycles. The lowest BCUT2D eigenvalue weighted by molar-refractivity contribution is 0.963. The van der Waals surface area contributed by atoms with Gasteiger partial charge < -0.3 is 0 Å². The van der Waals surface area contributed by atoms with Crippen molar-refractivity contribution in [2.45, 2.75) is 33.6 Å². The van der Waals surface area contributed by atoms with E-state index < -0.39 is 0 Å². The second kappa shape index (κ2) is 6.47. The molecule has 0 unspecified atom stereocenters. The van der Waals surface area contributed by atoms with Crippen LogP contribution in [0.1, 0.15) is 33.6 Å². The van der Waals surface area contributed by atoms with E-state index in [1.54, 1.807) is 0 Å². The molecule has 0 aromatic heterocycles. The molecule has 0 rings (SSSR count). The quantitative estimate of drug-likeness (QED) is 0.544. The van der Waals surface area contributed by atoms with Gasteiger partial charge in [0.25, 0.3) is 0 Å². The Morgan fingerprint density at radius 1 is 1.23 bits per heavy atom. The molecule has 0 heteroatoms. The van der Waals surface area contributed by atoms with Crippen LogP contribution in [-0.2, 0) is 0 Å². The lowest BCUT2D eigenvalue weighted by Crippen LogP contribution is -1.87. The van der Waals surface area contributed by atoms with Crippen LogP contribution in [0, 0.1) is 0 Å². The van der Waals surface area contributed by atoms with Crippen molar-refractivity contribution in [3.8, 4) is 0 Å². The van der Waals surface area contributed by atoms with E-state index in [9.17, 15) is 0 Å². The smallest absolute Gasteiger partial charge is 0.0242 e. The zero-order chi connectivity index (χ0) is 10.3. The molecule has 0 aromatic rings. The average molecular weight is 176 g/mol. The summed E-state index contributed by atoms with van der Waals surface area (Å²) in [5.74, 6) is 0. The van der Waals surface area contributed by atoms with E-state index in [0.717, 1.165) is 12.8 Å². The summed E-state index contributed by atoms with van der Waals surface area (Å²) < 4.78 is 0. The predicted molar refractivity (Wildman–Crippen MR) is 61.8 cm³/mol. The van der Waals surface area contributed by atoms with Crippen LogP contribution in [0.15, 0.2) is 48.1 Å². The predicted octanol–water partition coefficient (Wildman–Crippen LogP) is 4.42. The number of allylic oxidation sites excluding steroid dienone is 6. The third-order valence-electron chi connectivity index (χ3n) is 1.95. The van der Waals surface area contributed by atoms with E-state index in [1.165, 1.54) is 16.7 Å². The van der Waals surface area contributed by atoms with E-state index >= 15 is 0 Å². The van der Waals surface area contributed by atoms with Crippen LogP contribution in [0.5, 0.6) is 0 Å². The maximum absolute atomic E-state index is 3.97. The van der Waals surface area contributed by atoms with E-state index in [4.69, 9.17) is 0 Å². The standard InChI is InChI=1S/C13H20/c1-6-7-8-9-10-13(11(2)3)12(4)5/h6-8H,1-2,9-10H2,3-5H3/b8-7+. The average Bonchev–Trinajstić information content (AvgIpc) is 2.02. The third kappa shape index (κ3) is 5.24. The summed E-state index contributed by atoms with van der Waals surface area (Å²) in [5, 5.41) is 0. The summed E-state index contributed by atoms with van der Waals surface area (Å²) in [4.78, 5) is 0. The largest absolute Gasteiger partial charge is 0.0991 e. The van der Waals surface area contributed by atoms with Gasteiger partial charge in [-0.2, -0.15) is 0 Å². The van der Waals surface area contributed by atoms with Gasteiger partial charge in [-0.15, -0.1) is 0 Å². The Kier molecular flexibility index (Phi) is 5.96. The SMILES string of the molecule is C=C/C=C/CCC(C(=C)C)=C(C)C. The first-order valence-corrected chi connectivity index (χ1v) is 4.69. The van der Waals surface area contributed by atoms with Crippen molar-refractivity contribution in [2.75, 3.05) is 0 Å². The molecule has 0 saturated carbocycles. The first-order valence-electron chi connectivity index (χ1n) is 4.69. The van der Waals surface area contributed by atoms with Crippen molar-refractivity contribution in [1.29, 1.82) is 0 Å². The molecule has 0 nitrogen and oxygen atoms in total. The molecule has 0 bridgehead atoms. The van der Waals surface area contributed by atoms with Gasteiger partial charge in [-0.3, -0.25) is 0 Å². The first kappa shape index (κ1) is 12.0. The minimum Gasteiger partial charge on any atom is -0.0991 e. The highest BCUT2D eigenvalue weighted by molar-refractivity contribution is 5.30. The summed E-state index contributed by atoms with van der Waals surface area (Å²) in [5.41, 5.74) is 3.96. The molecule has 0 heterocycles. The maximum atomic E-state index is 3.97. The maximum Gasteiger partial charge on any atom is -0.0242 e. The number of hydrogen-bond donors (Lipinski definition) is 0. The van der Waals surface area contributed by atoms with E-state index in [1.807, 2.05) is 12.2 Å². The number of rotatable bonds is 5. The summed E-state index contributed by atoms with van der Waals surface area (Å²) in [6.45, 7) is 14.0. The Bertz CT molecular complexity index is 235. The molecule has 0 amide bonds. The highest BCUT2D eigenvalue weighted by Crippen LogP contribution is 2.18. The lowest BCUT2D eigenvalue weighted by Gasteiger charge is -2.07. The van der Waals surface area contributed by atoms with Gasteiger partial charge in [-0.1, -0.05) is 42.5 Å². The topological polar surface area (TPSA) is 0 Å². The minimum absolute atomic E-state index is 1.07. The monoisotopic (exact) mass is 176 g/mol. The second-order valence-electron chi connectivity index (χ2n) is 3.46. The summed E-state index contributed by atoms with van der Waals surface area (Å²) in [6.07, 6.45) is 8.09. The van der Waals surface area contributed by atoms with Crippen molar-refractivity contribution in [2.24, 2.45) is 0 Å². The Morgan fingerprint density at radius 2 is 1.85 bits per heavy atom. The summed E-state index contributed by atoms with van der Waals surface area (Å²) in [6, 6.07) is 0. The first-order chi connectivity index (χ1) is 6.09. The second-order valence-corrected chi connectivity index (χ2v) is 3.46. The van der Waals surface area contributed by atoms with Gasteiger partial charge in [0, 0.05) is 0 Å². The van der Waals surface area contributed by atoms with Crippen LogP contribution < -0.4 is 0 Å². The lowest BCUT2D eigenvalue weighted by atomic mass is 9.99. The van der Waals surface area contributed by atoms with Crippen molar-refractivity contribution >= 4 is 0 Å². The molecule has 13 heavy (non-hydrogen) atoms. The molecule has 0 atom stereocenters. The van der Waals surface area contributed by atoms with Crippen molar-refractivity contribution in [3.05, 3.63) is 48.1 Å². The van der Waals surface area contributed by atoms with Gasteiger partial charge >= 0.3 is 0 Å². The van der Waals surface area contributed by atoms with Gasteiger partial charge in [0.05, 0.1) is 0 Å². The zero-order valence-corrected chi connectivity index (χ0v) is 9.06. The van der Waals surface area contributed by atoms with Crippen LogP contribution >= 0.6 is 0 Å². The fourth-order valence-electron chi connectivity index (χ4n) is 1.31. The van der Waals surface area contributed by atoms with Crippen LogP contribution in [0.2, 0.25) is 0 Å². The van der Waals surface area contributed by atoms with Gasteiger partial charge in [0.15, 0.2) is 0 Å². The molecule has 0 aliphatic carbocycles. The van der Waals surface area contributed by atoms with Crippen LogP contribution in [0.25, 0.3) is 0 Å². The highest BCUT2D eigenvalue weighted by atomic mass is 14.0. The molecule has 0 N–H and O–H groups in total. The summed E-state index contributed by atoms with van der Waals surface area (Å²) >= 11 is 0. The van der Waals surface area contributed by atoms with E-state index in [-0.39, 0.29) is 0 Å².